The van der Waals surface area contributed by atoms with Gasteiger partial charge in [0.05, 0.1) is 5.71 Å². The Morgan fingerprint density at radius 3 is 2.90 bits per heavy atom. The predicted molar refractivity (Wildman–Crippen MR) is 84.7 cm³/mol. The molecule has 1 aliphatic heterocycles. The van der Waals surface area contributed by atoms with E-state index in [1.807, 2.05) is 25.1 Å². The quantitative estimate of drug-likeness (QED) is 0.546. The molecule has 0 saturated heterocycles. The van der Waals surface area contributed by atoms with E-state index in [1.165, 1.54) is 0 Å². The molecule has 20 heavy (non-hydrogen) atoms. The van der Waals surface area contributed by atoms with Crippen molar-refractivity contribution in [3.63, 3.8) is 0 Å². The minimum Gasteiger partial charge on any atom is -0.375 e. The number of benzene rings is 1. The van der Waals surface area contributed by atoms with E-state index in [2.05, 4.69) is 15.8 Å². The zero-order valence-electron chi connectivity index (χ0n) is 11.4. The van der Waals surface area contributed by atoms with Crippen molar-refractivity contribution >= 4 is 34.6 Å². The fraction of sp³-hybridized carbons (Fsp3) is 0.357. The minimum atomic E-state index is 0.0404. The van der Waals surface area contributed by atoms with Crippen molar-refractivity contribution in [3.05, 3.63) is 29.3 Å². The second kappa shape index (κ2) is 6.47. The molecule has 0 atom stereocenters. The number of hydrogen-bond acceptors (Lipinski definition) is 3. The lowest BCUT2D eigenvalue weighted by molar-refractivity contribution is -0.116. The maximum absolute atomic E-state index is 11.8. The van der Waals surface area contributed by atoms with Gasteiger partial charge < -0.3 is 11.1 Å². The monoisotopic (exact) mass is 290 g/mol. The molecule has 0 saturated carbocycles. The van der Waals surface area contributed by atoms with Gasteiger partial charge in [0, 0.05) is 17.7 Å². The van der Waals surface area contributed by atoms with Crippen molar-refractivity contribution in [2.24, 2.45) is 10.8 Å². The first-order valence-electron chi connectivity index (χ1n) is 6.59. The van der Waals surface area contributed by atoms with Crippen molar-refractivity contribution in [3.8, 4) is 0 Å². The molecule has 2 rings (SSSR count). The molecule has 1 aromatic carbocycles. The first-order chi connectivity index (χ1) is 9.56. The number of nitrogens with one attached hydrogen (secondary N) is 2. The van der Waals surface area contributed by atoms with Gasteiger partial charge >= 0.3 is 0 Å². The number of fused-ring (bicyclic) bond motifs is 1. The van der Waals surface area contributed by atoms with Gasteiger partial charge in [0.1, 0.15) is 0 Å². The maximum Gasteiger partial charge on any atom is 0.224 e. The molecule has 1 amide bonds. The third-order valence-electron chi connectivity index (χ3n) is 3.13. The highest BCUT2D eigenvalue weighted by atomic mass is 32.1. The molecule has 1 heterocycles. The van der Waals surface area contributed by atoms with Crippen LogP contribution >= 0.6 is 12.2 Å². The molecular formula is C14H18N4OS. The molecular weight excluding hydrogens is 272 g/mol. The Labute approximate surface area is 123 Å². The first-order valence-corrected chi connectivity index (χ1v) is 7.00. The van der Waals surface area contributed by atoms with Gasteiger partial charge in [-0.2, -0.15) is 5.10 Å². The van der Waals surface area contributed by atoms with E-state index in [0.29, 0.717) is 6.42 Å². The van der Waals surface area contributed by atoms with Crippen molar-refractivity contribution in [2.75, 3.05) is 5.32 Å². The molecule has 0 bridgehead atoms. The van der Waals surface area contributed by atoms with Crippen LogP contribution in [0.3, 0.4) is 0 Å². The standard InChI is InChI=1S/C14H18N4OS/c1-9-6-7-11-10(8-9)12(17-18-14(15)20)4-2-3-5-13(19)16-11/h6-8H,2-5H2,1H3,(H,16,19)(H3,15,18,20). The molecule has 0 radical (unpaired) electrons. The van der Waals surface area contributed by atoms with Crippen molar-refractivity contribution in [1.82, 2.24) is 5.43 Å². The number of hydrazone groups is 1. The summed E-state index contributed by atoms with van der Waals surface area (Å²) in [7, 11) is 0. The number of nitrogens with zero attached hydrogens (tertiary/aromatic N) is 1. The van der Waals surface area contributed by atoms with Gasteiger partial charge in [-0.3, -0.25) is 10.2 Å². The van der Waals surface area contributed by atoms with Crippen LogP contribution in [0.5, 0.6) is 0 Å². The fourth-order valence-corrected chi connectivity index (χ4v) is 2.22. The van der Waals surface area contributed by atoms with E-state index in [1.54, 1.807) is 0 Å². The molecule has 0 aliphatic carbocycles. The first kappa shape index (κ1) is 14.5. The van der Waals surface area contributed by atoms with E-state index in [4.69, 9.17) is 18.0 Å². The lowest BCUT2D eigenvalue weighted by Crippen LogP contribution is -2.26. The molecule has 0 spiro atoms. The SMILES string of the molecule is Cc1ccc2c(c1)C(=NNC(N)=S)CCCCC(=O)N2. The minimum absolute atomic E-state index is 0.0404. The Balaban J connectivity index is 2.43. The largest absolute Gasteiger partial charge is 0.375 e. The summed E-state index contributed by atoms with van der Waals surface area (Å²) >= 11 is 4.78. The van der Waals surface area contributed by atoms with E-state index in [0.717, 1.165) is 41.8 Å². The third kappa shape index (κ3) is 3.77. The number of carbonyl (C=O) groups excluding carboxylic acids is 1. The lowest BCUT2D eigenvalue weighted by atomic mass is 10.0. The zero-order chi connectivity index (χ0) is 14.5. The second-order valence-corrected chi connectivity index (χ2v) is 5.28. The van der Waals surface area contributed by atoms with E-state index < -0.39 is 0 Å². The highest BCUT2D eigenvalue weighted by molar-refractivity contribution is 7.80. The fourth-order valence-electron chi connectivity index (χ4n) is 2.17. The topological polar surface area (TPSA) is 79.5 Å². The molecule has 106 valence electrons. The number of rotatable bonds is 1. The van der Waals surface area contributed by atoms with Gasteiger partial charge in [0.25, 0.3) is 0 Å². The summed E-state index contributed by atoms with van der Waals surface area (Å²) in [6.07, 6.45) is 3.05. The summed E-state index contributed by atoms with van der Waals surface area (Å²) in [5, 5.41) is 7.35. The normalized spacial score (nSPS) is 17.4. The van der Waals surface area contributed by atoms with Crippen LogP contribution in [-0.4, -0.2) is 16.7 Å². The molecule has 1 aromatic rings. The van der Waals surface area contributed by atoms with E-state index in [9.17, 15) is 4.79 Å². The van der Waals surface area contributed by atoms with Crippen molar-refractivity contribution < 1.29 is 4.79 Å². The van der Waals surface area contributed by atoms with Crippen LogP contribution in [0.4, 0.5) is 5.69 Å². The Kier molecular flexibility index (Phi) is 4.68. The van der Waals surface area contributed by atoms with Crippen LogP contribution in [-0.2, 0) is 4.79 Å². The number of anilines is 1. The Morgan fingerprint density at radius 2 is 2.15 bits per heavy atom. The summed E-state index contributed by atoms with van der Waals surface area (Å²) in [6.45, 7) is 2.01. The number of aryl methyl sites for hydroxylation is 1. The van der Waals surface area contributed by atoms with E-state index >= 15 is 0 Å². The number of carbonyl (C=O) groups is 1. The Hall–Kier alpha value is -1.95. The number of nitrogens with two attached hydrogens (primary N) is 1. The van der Waals surface area contributed by atoms with Crippen LogP contribution in [0.1, 0.15) is 36.8 Å². The van der Waals surface area contributed by atoms with Gasteiger partial charge in [-0.05, 0) is 50.5 Å². The number of amides is 1. The number of thiocarbonyl (C=S) groups is 1. The van der Waals surface area contributed by atoms with Crippen LogP contribution in [0.15, 0.2) is 23.3 Å². The van der Waals surface area contributed by atoms with Crippen molar-refractivity contribution in [1.29, 1.82) is 0 Å². The second-order valence-electron chi connectivity index (χ2n) is 4.84. The summed E-state index contributed by atoms with van der Waals surface area (Å²) in [5.41, 5.74) is 11.7. The van der Waals surface area contributed by atoms with Crippen LogP contribution in [0, 0.1) is 6.92 Å². The Morgan fingerprint density at radius 1 is 1.40 bits per heavy atom. The van der Waals surface area contributed by atoms with Gasteiger partial charge in [-0.15, -0.1) is 0 Å². The lowest BCUT2D eigenvalue weighted by Gasteiger charge is -2.12. The van der Waals surface area contributed by atoms with E-state index in [-0.39, 0.29) is 11.0 Å². The summed E-state index contributed by atoms with van der Waals surface area (Å²) < 4.78 is 0. The molecule has 6 heteroatoms. The molecule has 5 nitrogen and oxygen atoms in total. The van der Waals surface area contributed by atoms with Crippen LogP contribution < -0.4 is 16.5 Å². The summed E-state index contributed by atoms with van der Waals surface area (Å²) in [6, 6.07) is 5.89. The molecule has 0 aromatic heterocycles. The van der Waals surface area contributed by atoms with Crippen molar-refractivity contribution in [2.45, 2.75) is 32.6 Å². The van der Waals surface area contributed by atoms with Gasteiger partial charge in [-0.1, -0.05) is 11.6 Å². The highest BCUT2D eigenvalue weighted by Crippen LogP contribution is 2.23. The molecule has 1 aliphatic rings. The Bertz CT molecular complexity index is 568. The average Bonchev–Trinajstić information content (AvgIpc) is 2.46. The smallest absolute Gasteiger partial charge is 0.224 e. The van der Waals surface area contributed by atoms with Crippen LogP contribution in [0.25, 0.3) is 0 Å². The molecule has 0 fully saturated rings. The van der Waals surface area contributed by atoms with Crippen LogP contribution in [0.2, 0.25) is 0 Å². The molecule has 4 N–H and O–H groups in total. The third-order valence-corrected chi connectivity index (χ3v) is 3.22. The summed E-state index contributed by atoms with van der Waals surface area (Å²) in [4.78, 5) is 11.8. The maximum atomic E-state index is 11.8. The zero-order valence-corrected chi connectivity index (χ0v) is 12.2. The summed E-state index contributed by atoms with van der Waals surface area (Å²) in [5.74, 6) is 0.0404. The highest BCUT2D eigenvalue weighted by Gasteiger charge is 2.15. The predicted octanol–water partition coefficient (Wildman–Crippen LogP) is 2.04. The van der Waals surface area contributed by atoms with Gasteiger partial charge in [-0.25, -0.2) is 0 Å². The average molecular weight is 290 g/mol. The van der Waals surface area contributed by atoms with Gasteiger partial charge in [0.15, 0.2) is 5.11 Å². The molecule has 0 unspecified atom stereocenters. The number of hydrogen-bond donors (Lipinski definition) is 3. The van der Waals surface area contributed by atoms with Gasteiger partial charge in [0.2, 0.25) is 5.91 Å².